The lowest BCUT2D eigenvalue weighted by Crippen LogP contribution is -2.52. The lowest BCUT2D eigenvalue weighted by molar-refractivity contribution is -0.0127. The molecule has 1 fully saturated rings. The van der Waals surface area contributed by atoms with Crippen molar-refractivity contribution in [2.45, 2.75) is 37.8 Å². The summed E-state index contributed by atoms with van der Waals surface area (Å²) in [7, 11) is 0. The van der Waals surface area contributed by atoms with Gasteiger partial charge < -0.3 is 9.15 Å². The predicted octanol–water partition coefficient (Wildman–Crippen LogP) is 1.22. The first-order valence-corrected chi connectivity index (χ1v) is 5.37. The monoisotopic (exact) mass is 210 g/mol. The summed E-state index contributed by atoms with van der Waals surface area (Å²) in [6.45, 7) is 2.93. The van der Waals surface area contributed by atoms with E-state index in [9.17, 15) is 0 Å². The van der Waals surface area contributed by atoms with Crippen molar-refractivity contribution in [1.29, 1.82) is 0 Å². The Morgan fingerprint density at radius 3 is 3.07 bits per heavy atom. The molecule has 0 amide bonds. The maximum Gasteiger partial charge on any atom is 0.105 e. The summed E-state index contributed by atoms with van der Waals surface area (Å²) >= 11 is 0. The van der Waals surface area contributed by atoms with Crippen LogP contribution in [-0.4, -0.2) is 18.2 Å². The van der Waals surface area contributed by atoms with Crippen molar-refractivity contribution in [3.05, 3.63) is 24.2 Å². The topological polar surface area (TPSA) is 60.4 Å². The van der Waals surface area contributed by atoms with Gasteiger partial charge in [-0.15, -0.1) is 0 Å². The summed E-state index contributed by atoms with van der Waals surface area (Å²) < 4.78 is 11.1. The molecule has 1 saturated heterocycles. The zero-order valence-corrected chi connectivity index (χ0v) is 9.03. The van der Waals surface area contributed by atoms with Crippen molar-refractivity contribution in [2.24, 2.45) is 5.84 Å². The fourth-order valence-electron chi connectivity index (χ4n) is 2.16. The third-order valence-corrected chi connectivity index (χ3v) is 3.17. The molecule has 15 heavy (non-hydrogen) atoms. The van der Waals surface area contributed by atoms with Crippen LogP contribution < -0.4 is 11.3 Å². The van der Waals surface area contributed by atoms with E-state index in [0.29, 0.717) is 0 Å². The van der Waals surface area contributed by atoms with Gasteiger partial charge in [0, 0.05) is 13.0 Å². The fourth-order valence-corrected chi connectivity index (χ4v) is 2.16. The summed E-state index contributed by atoms with van der Waals surface area (Å²) in [6, 6.07) is 3.95. The van der Waals surface area contributed by atoms with Crippen LogP contribution in [0.5, 0.6) is 0 Å². The Kier molecular flexibility index (Phi) is 3.09. The van der Waals surface area contributed by atoms with Crippen molar-refractivity contribution < 1.29 is 9.15 Å². The molecule has 4 heteroatoms. The van der Waals surface area contributed by atoms with Gasteiger partial charge in [-0.3, -0.25) is 11.3 Å². The van der Waals surface area contributed by atoms with Crippen molar-refractivity contribution in [2.75, 3.05) is 6.61 Å². The van der Waals surface area contributed by atoms with Gasteiger partial charge in [0.2, 0.25) is 0 Å². The highest BCUT2D eigenvalue weighted by atomic mass is 16.5. The minimum Gasteiger partial charge on any atom is -0.469 e. The zero-order chi connectivity index (χ0) is 10.7. The van der Waals surface area contributed by atoms with Gasteiger partial charge in [-0.2, -0.15) is 0 Å². The van der Waals surface area contributed by atoms with E-state index in [1.54, 1.807) is 6.26 Å². The Morgan fingerprint density at radius 1 is 1.67 bits per heavy atom. The van der Waals surface area contributed by atoms with E-state index in [4.69, 9.17) is 15.0 Å². The third kappa shape index (κ3) is 2.22. The van der Waals surface area contributed by atoms with Crippen LogP contribution in [0.2, 0.25) is 0 Å². The number of hydrazine groups is 1. The van der Waals surface area contributed by atoms with Crippen LogP contribution in [0, 0.1) is 0 Å². The maximum atomic E-state index is 5.76. The van der Waals surface area contributed by atoms with Gasteiger partial charge in [0.05, 0.1) is 17.9 Å². The van der Waals surface area contributed by atoms with Crippen LogP contribution in [0.1, 0.15) is 25.5 Å². The number of rotatable bonds is 4. The maximum absolute atomic E-state index is 5.76. The minimum atomic E-state index is -0.165. The number of furan rings is 1. The molecule has 1 aromatic rings. The van der Waals surface area contributed by atoms with Gasteiger partial charge in [0.1, 0.15) is 5.76 Å². The Morgan fingerprint density at radius 2 is 2.53 bits per heavy atom. The third-order valence-electron chi connectivity index (χ3n) is 3.17. The second-order valence-electron chi connectivity index (χ2n) is 4.27. The van der Waals surface area contributed by atoms with E-state index in [-0.39, 0.29) is 11.6 Å². The van der Waals surface area contributed by atoms with Crippen LogP contribution in [0.25, 0.3) is 0 Å². The molecule has 0 radical (unpaired) electrons. The van der Waals surface area contributed by atoms with E-state index in [2.05, 4.69) is 12.3 Å². The van der Waals surface area contributed by atoms with E-state index in [1.807, 2.05) is 12.1 Å². The molecule has 1 aliphatic heterocycles. The highest BCUT2D eigenvalue weighted by molar-refractivity contribution is 5.04. The number of nitrogens with two attached hydrogens (primary N) is 1. The first-order chi connectivity index (χ1) is 7.24. The molecular formula is C11H18N2O2. The summed E-state index contributed by atoms with van der Waals surface area (Å²) in [5.74, 6) is 6.52. The molecule has 4 nitrogen and oxygen atoms in total. The zero-order valence-electron chi connectivity index (χ0n) is 9.03. The van der Waals surface area contributed by atoms with Crippen LogP contribution in [0.4, 0.5) is 0 Å². The average Bonchev–Trinajstić information content (AvgIpc) is 2.85. The van der Waals surface area contributed by atoms with E-state index in [1.165, 1.54) is 0 Å². The summed E-state index contributed by atoms with van der Waals surface area (Å²) in [6.07, 6.45) is 4.59. The second kappa shape index (κ2) is 4.35. The molecule has 2 atom stereocenters. The largest absolute Gasteiger partial charge is 0.469 e. The Hall–Kier alpha value is -0.840. The van der Waals surface area contributed by atoms with E-state index in [0.717, 1.165) is 31.6 Å². The van der Waals surface area contributed by atoms with Crippen LogP contribution >= 0.6 is 0 Å². The Balaban J connectivity index is 2.03. The van der Waals surface area contributed by atoms with Crippen molar-refractivity contribution in [3.8, 4) is 0 Å². The highest BCUT2D eigenvalue weighted by Gasteiger charge is 2.38. The quantitative estimate of drug-likeness (QED) is 0.579. The molecule has 0 spiro atoms. The van der Waals surface area contributed by atoms with Crippen molar-refractivity contribution >= 4 is 0 Å². The molecule has 0 aromatic carbocycles. The molecule has 2 unspecified atom stereocenters. The van der Waals surface area contributed by atoms with Gasteiger partial charge in [0.25, 0.3) is 0 Å². The standard InChI is InChI=1S/C11H18N2O2/c1-11(5-3-7-15-11)10(13-12)8-9-4-2-6-14-9/h2,4,6,10,13H,3,5,7-8,12H2,1H3. The first-order valence-electron chi connectivity index (χ1n) is 5.37. The number of ether oxygens (including phenoxy) is 1. The average molecular weight is 210 g/mol. The smallest absolute Gasteiger partial charge is 0.105 e. The molecule has 2 rings (SSSR count). The highest BCUT2D eigenvalue weighted by Crippen LogP contribution is 2.30. The predicted molar refractivity (Wildman–Crippen MR) is 57.1 cm³/mol. The molecule has 0 saturated carbocycles. The van der Waals surface area contributed by atoms with Crippen LogP contribution in [0.3, 0.4) is 0 Å². The lowest BCUT2D eigenvalue weighted by Gasteiger charge is -2.32. The van der Waals surface area contributed by atoms with Crippen LogP contribution in [0.15, 0.2) is 22.8 Å². The van der Waals surface area contributed by atoms with Gasteiger partial charge in [0.15, 0.2) is 0 Å². The van der Waals surface area contributed by atoms with Gasteiger partial charge in [-0.05, 0) is 31.9 Å². The van der Waals surface area contributed by atoms with Gasteiger partial charge in [-0.25, -0.2) is 0 Å². The summed E-state index contributed by atoms with van der Waals surface area (Å²) in [5, 5.41) is 0. The number of hydrogen-bond acceptors (Lipinski definition) is 4. The van der Waals surface area contributed by atoms with E-state index >= 15 is 0 Å². The number of hydrogen-bond donors (Lipinski definition) is 2. The van der Waals surface area contributed by atoms with Gasteiger partial charge in [-0.1, -0.05) is 0 Å². The normalized spacial score (nSPS) is 28.1. The molecule has 1 aromatic heterocycles. The molecule has 3 N–H and O–H groups in total. The molecule has 2 heterocycles. The molecular weight excluding hydrogens is 192 g/mol. The second-order valence-corrected chi connectivity index (χ2v) is 4.27. The Bertz CT molecular complexity index is 292. The summed E-state index contributed by atoms with van der Waals surface area (Å²) in [4.78, 5) is 0. The molecule has 1 aliphatic rings. The SMILES string of the molecule is CC1(C(Cc2ccco2)NN)CCCO1. The van der Waals surface area contributed by atoms with Crippen molar-refractivity contribution in [3.63, 3.8) is 0 Å². The molecule has 0 bridgehead atoms. The fraction of sp³-hybridized carbons (Fsp3) is 0.636. The Labute approximate surface area is 89.7 Å². The van der Waals surface area contributed by atoms with E-state index < -0.39 is 0 Å². The van der Waals surface area contributed by atoms with Crippen molar-refractivity contribution in [1.82, 2.24) is 5.43 Å². The minimum absolute atomic E-state index is 0.103. The van der Waals surface area contributed by atoms with Gasteiger partial charge >= 0.3 is 0 Å². The first kappa shape index (κ1) is 10.7. The van der Waals surface area contributed by atoms with Crippen LogP contribution in [-0.2, 0) is 11.2 Å². The summed E-state index contributed by atoms with van der Waals surface area (Å²) in [5.41, 5.74) is 2.67. The lowest BCUT2D eigenvalue weighted by atomic mass is 9.90. The number of nitrogens with one attached hydrogen (secondary N) is 1. The molecule has 84 valence electrons. The molecule has 0 aliphatic carbocycles.